The van der Waals surface area contributed by atoms with Crippen LogP contribution in [0.3, 0.4) is 0 Å². The highest BCUT2D eigenvalue weighted by molar-refractivity contribution is 8.00. The summed E-state index contributed by atoms with van der Waals surface area (Å²) in [6.07, 6.45) is 3.51. The van der Waals surface area contributed by atoms with E-state index in [4.69, 9.17) is 0 Å². The Hall–Kier alpha value is -3.45. The molecule has 0 saturated heterocycles. The predicted molar refractivity (Wildman–Crippen MR) is 139 cm³/mol. The Morgan fingerprint density at radius 2 is 1.71 bits per heavy atom. The molecule has 1 atom stereocenters. The minimum absolute atomic E-state index is 0.0662. The summed E-state index contributed by atoms with van der Waals surface area (Å²) >= 11 is 1.39. The molecule has 2 aromatic carbocycles. The number of anilines is 1. The summed E-state index contributed by atoms with van der Waals surface area (Å²) in [5, 5.41) is 12.4. The molecule has 0 aliphatic heterocycles. The summed E-state index contributed by atoms with van der Waals surface area (Å²) in [6.45, 7) is 10.2. The van der Waals surface area contributed by atoms with Crippen molar-refractivity contribution in [1.82, 2.24) is 19.7 Å². The van der Waals surface area contributed by atoms with E-state index in [1.807, 2.05) is 60.9 Å². The third kappa shape index (κ3) is 4.89. The summed E-state index contributed by atoms with van der Waals surface area (Å²) in [5.74, 6) is 0.936. The Balaban J connectivity index is 1.67. The molecule has 2 heterocycles. The minimum atomic E-state index is -0.381. The molecule has 0 spiro atoms. The van der Waals surface area contributed by atoms with Gasteiger partial charge in [-0.25, -0.2) is 0 Å². The van der Waals surface area contributed by atoms with Gasteiger partial charge in [-0.15, -0.1) is 10.2 Å². The molecule has 0 radical (unpaired) electrons. The van der Waals surface area contributed by atoms with Crippen LogP contribution >= 0.6 is 11.8 Å². The first-order valence-corrected chi connectivity index (χ1v) is 12.2. The van der Waals surface area contributed by atoms with Crippen molar-refractivity contribution in [2.75, 3.05) is 5.32 Å². The Labute approximate surface area is 204 Å². The second-order valence-electron chi connectivity index (χ2n) is 8.61. The molecule has 0 bridgehead atoms. The van der Waals surface area contributed by atoms with E-state index in [0.717, 1.165) is 33.6 Å². The number of rotatable bonds is 7. The zero-order chi connectivity index (χ0) is 24.2. The lowest BCUT2D eigenvalue weighted by Crippen LogP contribution is -2.24. The quantitative estimate of drug-likeness (QED) is 0.325. The third-order valence-electron chi connectivity index (χ3n) is 5.74. The zero-order valence-electron chi connectivity index (χ0n) is 20.1. The van der Waals surface area contributed by atoms with Crippen LogP contribution in [0.4, 0.5) is 5.69 Å². The lowest BCUT2D eigenvalue weighted by Gasteiger charge is -2.19. The zero-order valence-corrected chi connectivity index (χ0v) is 20.9. The molecule has 0 aliphatic carbocycles. The fourth-order valence-electron chi connectivity index (χ4n) is 3.84. The van der Waals surface area contributed by atoms with Crippen molar-refractivity contribution in [2.45, 2.75) is 50.9 Å². The minimum Gasteiger partial charge on any atom is -0.325 e. The van der Waals surface area contributed by atoms with Crippen LogP contribution < -0.4 is 5.32 Å². The number of nitrogens with one attached hydrogen (secondary N) is 1. The SMILES string of the molecule is Cc1ccccc1-n1c(SC(C)C(=O)Nc2c(C)cccc2C(C)C)nnc1-c1cccnc1. The fraction of sp³-hybridized carbons (Fsp3) is 0.259. The van der Waals surface area contributed by atoms with Gasteiger partial charge in [0.2, 0.25) is 5.91 Å². The van der Waals surface area contributed by atoms with Crippen molar-refractivity contribution in [3.63, 3.8) is 0 Å². The number of benzene rings is 2. The van der Waals surface area contributed by atoms with Gasteiger partial charge in [-0.1, -0.05) is 62.0 Å². The molecule has 0 aliphatic rings. The van der Waals surface area contributed by atoms with Gasteiger partial charge in [0.1, 0.15) is 0 Å². The van der Waals surface area contributed by atoms with E-state index in [1.54, 1.807) is 12.4 Å². The van der Waals surface area contributed by atoms with E-state index in [1.165, 1.54) is 11.8 Å². The summed E-state index contributed by atoms with van der Waals surface area (Å²) < 4.78 is 2.01. The first kappa shape index (κ1) is 23.7. The van der Waals surface area contributed by atoms with E-state index >= 15 is 0 Å². The van der Waals surface area contributed by atoms with Crippen LogP contribution in [0.15, 0.2) is 72.1 Å². The maximum absolute atomic E-state index is 13.2. The van der Waals surface area contributed by atoms with E-state index < -0.39 is 0 Å². The van der Waals surface area contributed by atoms with E-state index in [0.29, 0.717) is 16.9 Å². The molecular weight excluding hydrogens is 442 g/mol. The average molecular weight is 472 g/mol. The van der Waals surface area contributed by atoms with Crippen molar-refractivity contribution in [1.29, 1.82) is 0 Å². The summed E-state index contributed by atoms with van der Waals surface area (Å²) in [4.78, 5) is 17.5. The Morgan fingerprint density at radius 1 is 0.941 bits per heavy atom. The van der Waals surface area contributed by atoms with Crippen LogP contribution in [-0.4, -0.2) is 30.9 Å². The van der Waals surface area contributed by atoms with Crippen LogP contribution in [0.25, 0.3) is 17.1 Å². The van der Waals surface area contributed by atoms with Crippen molar-refractivity contribution in [3.05, 3.63) is 83.7 Å². The molecule has 7 heteroatoms. The molecule has 4 aromatic rings. The molecule has 174 valence electrons. The molecule has 4 rings (SSSR count). The molecule has 0 saturated carbocycles. The molecule has 2 aromatic heterocycles. The number of carbonyl (C=O) groups is 1. The summed E-state index contributed by atoms with van der Waals surface area (Å²) in [6, 6.07) is 18.0. The van der Waals surface area contributed by atoms with Gasteiger partial charge < -0.3 is 5.32 Å². The maximum atomic E-state index is 13.2. The van der Waals surface area contributed by atoms with Gasteiger partial charge in [0.15, 0.2) is 11.0 Å². The molecule has 1 N–H and O–H groups in total. The monoisotopic (exact) mass is 471 g/mol. The Kier molecular flexibility index (Phi) is 7.12. The average Bonchev–Trinajstić information content (AvgIpc) is 3.24. The number of nitrogens with zero attached hydrogens (tertiary/aromatic N) is 4. The normalized spacial score (nSPS) is 12.1. The van der Waals surface area contributed by atoms with Gasteiger partial charge in [-0.05, 0) is 61.6 Å². The smallest absolute Gasteiger partial charge is 0.237 e. The molecule has 6 nitrogen and oxygen atoms in total. The molecule has 34 heavy (non-hydrogen) atoms. The number of para-hydroxylation sites is 2. The van der Waals surface area contributed by atoms with Gasteiger partial charge in [0, 0.05) is 23.6 Å². The second-order valence-corrected chi connectivity index (χ2v) is 9.92. The standard InChI is InChI=1S/C27H29N5OS/c1-17(2)22-13-8-11-19(4)24(22)29-26(33)20(5)34-27-31-30-25(21-12-9-15-28-16-21)32(27)23-14-7-6-10-18(23)3/h6-17,20H,1-5H3,(H,29,33). The lowest BCUT2D eigenvalue weighted by molar-refractivity contribution is -0.115. The highest BCUT2D eigenvalue weighted by Gasteiger charge is 2.23. The number of thioether (sulfide) groups is 1. The molecular formula is C27H29N5OS. The number of aromatic nitrogens is 4. The fourth-order valence-corrected chi connectivity index (χ4v) is 4.70. The predicted octanol–water partition coefficient (Wildman–Crippen LogP) is 6.19. The van der Waals surface area contributed by atoms with Crippen LogP contribution in [0, 0.1) is 13.8 Å². The third-order valence-corrected chi connectivity index (χ3v) is 6.78. The van der Waals surface area contributed by atoms with Crippen LogP contribution in [-0.2, 0) is 4.79 Å². The van der Waals surface area contributed by atoms with Crippen LogP contribution in [0.5, 0.6) is 0 Å². The Morgan fingerprint density at radius 3 is 2.41 bits per heavy atom. The molecule has 1 amide bonds. The second kappa shape index (κ2) is 10.2. The number of hydrogen-bond acceptors (Lipinski definition) is 5. The number of carbonyl (C=O) groups excluding carboxylic acids is 1. The van der Waals surface area contributed by atoms with Gasteiger partial charge in [0.25, 0.3) is 0 Å². The van der Waals surface area contributed by atoms with E-state index in [9.17, 15) is 4.79 Å². The number of amides is 1. The number of aryl methyl sites for hydroxylation is 2. The first-order valence-electron chi connectivity index (χ1n) is 11.4. The summed E-state index contributed by atoms with van der Waals surface area (Å²) in [7, 11) is 0. The molecule has 1 unspecified atom stereocenters. The van der Waals surface area contributed by atoms with Crippen LogP contribution in [0.1, 0.15) is 43.4 Å². The van der Waals surface area contributed by atoms with Gasteiger partial charge >= 0.3 is 0 Å². The van der Waals surface area contributed by atoms with Crippen molar-refractivity contribution >= 4 is 23.4 Å². The number of hydrogen-bond donors (Lipinski definition) is 1. The number of pyridine rings is 1. The maximum Gasteiger partial charge on any atom is 0.237 e. The van der Waals surface area contributed by atoms with Gasteiger partial charge in [-0.3, -0.25) is 14.3 Å². The van der Waals surface area contributed by atoms with E-state index in [-0.39, 0.29) is 11.2 Å². The largest absolute Gasteiger partial charge is 0.325 e. The highest BCUT2D eigenvalue weighted by atomic mass is 32.2. The highest BCUT2D eigenvalue weighted by Crippen LogP contribution is 2.33. The van der Waals surface area contributed by atoms with Crippen molar-refractivity contribution in [3.8, 4) is 17.1 Å². The molecule has 0 fully saturated rings. The lowest BCUT2D eigenvalue weighted by atomic mass is 9.98. The topological polar surface area (TPSA) is 72.7 Å². The Bertz CT molecular complexity index is 1300. The first-order chi connectivity index (χ1) is 16.4. The van der Waals surface area contributed by atoms with Crippen molar-refractivity contribution in [2.24, 2.45) is 0 Å². The van der Waals surface area contributed by atoms with Gasteiger partial charge in [0.05, 0.1) is 10.9 Å². The van der Waals surface area contributed by atoms with Crippen LogP contribution in [0.2, 0.25) is 0 Å². The summed E-state index contributed by atoms with van der Waals surface area (Å²) in [5.41, 5.74) is 6.01. The van der Waals surface area contributed by atoms with Gasteiger partial charge in [-0.2, -0.15) is 0 Å². The van der Waals surface area contributed by atoms with Crippen molar-refractivity contribution < 1.29 is 4.79 Å². The van der Waals surface area contributed by atoms with E-state index in [2.05, 4.69) is 53.4 Å².